The average Bonchev–Trinajstić information content (AvgIpc) is 3.21. The lowest BCUT2D eigenvalue weighted by Gasteiger charge is -2.27. The summed E-state index contributed by atoms with van der Waals surface area (Å²) in [5.41, 5.74) is 4.56. The summed E-state index contributed by atoms with van der Waals surface area (Å²) in [7, 11) is 0. The molecule has 1 fully saturated rings. The molecule has 0 radical (unpaired) electrons. The van der Waals surface area contributed by atoms with E-state index in [0.29, 0.717) is 5.11 Å². The molecule has 1 aliphatic rings. The van der Waals surface area contributed by atoms with Gasteiger partial charge in [0.25, 0.3) is 0 Å². The summed E-state index contributed by atoms with van der Waals surface area (Å²) in [6, 6.07) is 16.4. The number of benzene rings is 1. The molecule has 0 aliphatic carbocycles. The first-order valence-corrected chi connectivity index (χ1v) is 9.98. The molecule has 26 heavy (non-hydrogen) atoms. The number of aromatic nitrogens is 1. The Morgan fingerprint density at radius 1 is 1.12 bits per heavy atom. The second kappa shape index (κ2) is 6.99. The Balaban J connectivity index is 1.83. The third-order valence-corrected chi connectivity index (χ3v) is 6.37. The summed E-state index contributed by atoms with van der Waals surface area (Å²) in [5, 5.41) is 4.18. The quantitative estimate of drug-likeness (QED) is 0.581. The van der Waals surface area contributed by atoms with E-state index in [2.05, 4.69) is 53.3 Å². The average molecular weight is 400 g/mol. The maximum absolute atomic E-state index is 6.24. The van der Waals surface area contributed by atoms with Crippen LogP contribution in [0.3, 0.4) is 0 Å². The molecule has 0 unspecified atom stereocenters. The molecule has 0 bridgehead atoms. The summed E-state index contributed by atoms with van der Waals surface area (Å²) in [6.45, 7) is 4.24. The van der Waals surface area contributed by atoms with Crippen LogP contribution in [-0.2, 0) is 0 Å². The van der Waals surface area contributed by atoms with E-state index in [1.54, 1.807) is 11.3 Å². The van der Waals surface area contributed by atoms with Crippen LogP contribution in [0.25, 0.3) is 0 Å². The smallest absolute Gasteiger partial charge is 0.174 e. The first kappa shape index (κ1) is 17.5. The predicted octanol–water partition coefficient (Wildman–Crippen LogP) is 5.59. The van der Waals surface area contributed by atoms with Crippen molar-refractivity contribution in [3.8, 4) is 0 Å². The van der Waals surface area contributed by atoms with Gasteiger partial charge in [-0.2, -0.15) is 0 Å². The van der Waals surface area contributed by atoms with Gasteiger partial charge in [0, 0.05) is 16.8 Å². The lowest BCUT2D eigenvalue weighted by molar-refractivity contribution is 0.575. The molecular weight excluding hydrogens is 382 g/mol. The maximum Gasteiger partial charge on any atom is 0.174 e. The van der Waals surface area contributed by atoms with Crippen LogP contribution < -0.4 is 10.2 Å². The maximum atomic E-state index is 6.24. The molecule has 4 rings (SSSR count). The van der Waals surface area contributed by atoms with Gasteiger partial charge in [0.1, 0.15) is 0 Å². The van der Waals surface area contributed by atoms with Gasteiger partial charge >= 0.3 is 0 Å². The van der Waals surface area contributed by atoms with Crippen LogP contribution in [0.5, 0.6) is 0 Å². The number of hydrogen-bond donors (Lipinski definition) is 1. The fourth-order valence-electron chi connectivity index (χ4n) is 3.28. The van der Waals surface area contributed by atoms with Crippen LogP contribution >= 0.6 is 35.2 Å². The van der Waals surface area contributed by atoms with Crippen molar-refractivity contribution < 1.29 is 0 Å². The van der Waals surface area contributed by atoms with Gasteiger partial charge in [0.15, 0.2) is 5.11 Å². The number of hydrogen-bond acceptors (Lipinski definition) is 3. The zero-order valence-electron chi connectivity index (χ0n) is 14.4. The number of aryl methyl sites for hydroxylation is 2. The molecule has 132 valence electrons. The van der Waals surface area contributed by atoms with E-state index >= 15 is 0 Å². The SMILES string of the molecule is Cc1ccc(N2C(=S)N[C@H](c3ccccn3)[C@H]2c2ccc(Cl)s2)cc1C. The molecule has 1 saturated heterocycles. The number of pyridine rings is 1. The Morgan fingerprint density at radius 3 is 2.62 bits per heavy atom. The van der Waals surface area contributed by atoms with Crippen molar-refractivity contribution in [2.75, 3.05) is 4.90 Å². The molecule has 3 nitrogen and oxygen atoms in total. The van der Waals surface area contributed by atoms with E-state index in [9.17, 15) is 0 Å². The van der Waals surface area contributed by atoms with Crippen molar-refractivity contribution in [3.05, 3.63) is 80.8 Å². The molecule has 0 spiro atoms. The topological polar surface area (TPSA) is 28.2 Å². The van der Waals surface area contributed by atoms with Crippen LogP contribution in [0.15, 0.2) is 54.7 Å². The number of rotatable bonds is 3. The second-order valence-electron chi connectivity index (χ2n) is 6.41. The van der Waals surface area contributed by atoms with E-state index < -0.39 is 0 Å². The molecule has 0 saturated carbocycles. The minimum Gasteiger partial charge on any atom is -0.351 e. The number of anilines is 1. The summed E-state index contributed by atoms with van der Waals surface area (Å²) < 4.78 is 0.776. The van der Waals surface area contributed by atoms with Gasteiger partial charge in [-0.3, -0.25) is 4.98 Å². The van der Waals surface area contributed by atoms with Crippen molar-refractivity contribution in [1.29, 1.82) is 0 Å². The Bertz CT molecular complexity index is 955. The lowest BCUT2D eigenvalue weighted by atomic mass is 10.0. The van der Waals surface area contributed by atoms with Crippen LogP contribution in [0, 0.1) is 13.8 Å². The van der Waals surface area contributed by atoms with Crippen molar-refractivity contribution in [2.24, 2.45) is 0 Å². The fourth-order valence-corrected chi connectivity index (χ4v) is 4.82. The van der Waals surface area contributed by atoms with Gasteiger partial charge in [0.05, 0.1) is 22.1 Å². The highest BCUT2D eigenvalue weighted by atomic mass is 35.5. The first-order valence-electron chi connectivity index (χ1n) is 8.38. The Labute approximate surface area is 167 Å². The van der Waals surface area contributed by atoms with Crippen LogP contribution in [-0.4, -0.2) is 10.1 Å². The molecule has 3 heterocycles. The minimum absolute atomic E-state index is 0.0111. The van der Waals surface area contributed by atoms with E-state index in [0.717, 1.165) is 20.6 Å². The lowest BCUT2D eigenvalue weighted by Crippen LogP contribution is -2.29. The molecule has 2 aromatic heterocycles. The highest BCUT2D eigenvalue weighted by Crippen LogP contribution is 2.44. The van der Waals surface area contributed by atoms with E-state index in [1.807, 2.05) is 30.5 Å². The molecule has 1 aromatic carbocycles. The largest absolute Gasteiger partial charge is 0.351 e. The van der Waals surface area contributed by atoms with Gasteiger partial charge in [-0.05, 0) is 73.6 Å². The van der Waals surface area contributed by atoms with Gasteiger partial charge < -0.3 is 10.2 Å². The van der Waals surface area contributed by atoms with Crippen molar-refractivity contribution in [2.45, 2.75) is 25.9 Å². The number of nitrogens with one attached hydrogen (secondary N) is 1. The summed E-state index contributed by atoms with van der Waals surface area (Å²) in [5.74, 6) is 0. The Morgan fingerprint density at radius 2 is 1.96 bits per heavy atom. The molecule has 2 atom stereocenters. The monoisotopic (exact) mass is 399 g/mol. The second-order valence-corrected chi connectivity index (χ2v) is 8.54. The summed E-state index contributed by atoms with van der Waals surface area (Å²) >= 11 is 13.5. The number of nitrogens with zero attached hydrogens (tertiary/aromatic N) is 2. The van der Waals surface area contributed by atoms with E-state index in [4.69, 9.17) is 23.8 Å². The zero-order valence-corrected chi connectivity index (χ0v) is 16.8. The minimum atomic E-state index is -0.0278. The molecule has 1 aliphatic heterocycles. The van der Waals surface area contributed by atoms with Gasteiger partial charge in [-0.1, -0.05) is 23.7 Å². The predicted molar refractivity (Wildman–Crippen MR) is 113 cm³/mol. The van der Waals surface area contributed by atoms with Crippen molar-refractivity contribution in [1.82, 2.24) is 10.3 Å². The first-order chi connectivity index (χ1) is 12.5. The van der Waals surface area contributed by atoms with Gasteiger partial charge in [0.2, 0.25) is 0 Å². The standard InChI is InChI=1S/C20H18ClN3S2/c1-12-6-7-14(11-13(12)2)24-19(16-8-9-17(21)26-16)18(23-20(24)25)15-5-3-4-10-22-15/h3-11,18-19H,1-2H3,(H,23,25)/t18-,19-/m1/s1. The molecule has 1 N–H and O–H groups in total. The molecule has 6 heteroatoms. The van der Waals surface area contributed by atoms with Gasteiger partial charge in [-0.25, -0.2) is 0 Å². The Kier molecular flexibility index (Phi) is 4.69. The number of thiocarbonyl (C=S) groups is 1. The van der Waals surface area contributed by atoms with E-state index in [-0.39, 0.29) is 12.1 Å². The third-order valence-electron chi connectivity index (χ3n) is 4.75. The van der Waals surface area contributed by atoms with Crippen molar-refractivity contribution in [3.63, 3.8) is 0 Å². The van der Waals surface area contributed by atoms with Crippen molar-refractivity contribution >= 4 is 46.0 Å². The molecule has 3 aromatic rings. The fraction of sp³-hybridized carbons (Fsp3) is 0.200. The Hall–Kier alpha value is -1.95. The van der Waals surface area contributed by atoms with Crippen LogP contribution in [0.1, 0.15) is 33.8 Å². The molecular formula is C20H18ClN3S2. The highest BCUT2D eigenvalue weighted by Gasteiger charge is 2.41. The van der Waals surface area contributed by atoms with Gasteiger partial charge in [-0.15, -0.1) is 11.3 Å². The summed E-state index contributed by atoms with van der Waals surface area (Å²) in [4.78, 5) is 7.91. The highest BCUT2D eigenvalue weighted by molar-refractivity contribution is 7.80. The van der Waals surface area contributed by atoms with Crippen LogP contribution in [0.4, 0.5) is 5.69 Å². The van der Waals surface area contributed by atoms with E-state index in [1.165, 1.54) is 11.1 Å². The third kappa shape index (κ3) is 3.11. The normalized spacial score (nSPS) is 19.7. The zero-order chi connectivity index (χ0) is 18.3. The number of halogens is 1. The summed E-state index contributed by atoms with van der Waals surface area (Å²) in [6.07, 6.45) is 1.82. The number of thiophene rings is 1. The molecule has 0 amide bonds. The van der Waals surface area contributed by atoms with Crippen LogP contribution in [0.2, 0.25) is 4.34 Å².